The van der Waals surface area contributed by atoms with E-state index in [0.717, 1.165) is 20.5 Å². The predicted octanol–water partition coefficient (Wildman–Crippen LogP) is 8.68. The van der Waals surface area contributed by atoms with E-state index < -0.39 is 0 Å². The Morgan fingerprint density at radius 1 is 1.22 bits per heavy atom. The summed E-state index contributed by atoms with van der Waals surface area (Å²) in [6.45, 7) is 0. The van der Waals surface area contributed by atoms with Crippen LogP contribution in [0.2, 0.25) is 5.02 Å². The number of fused-ring (bicyclic) bond motifs is 1. The Kier molecular flexibility index (Phi) is 9.21. The Balaban J connectivity index is 1.43. The zero-order valence-corrected chi connectivity index (χ0v) is 25.5. The van der Waals surface area contributed by atoms with Gasteiger partial charge in [-0.2, -0.15) is 5.26 Å². The monoisotopic (exact) mass is 661 g/mol. The van der Waals surface area contributed by atoms with Gasteiger partial charge in [-0.3, -0.25) is 9.78 Å². The summed E-state index contributed by atoms with van der Waals surface area (Å²) in [5, 5.41) is 19.8. The SMILES string of the molecule is COc1cc2ncc(C#N)c(Nc3ccc(Sc4nc(-c5ccccc5)cs4)c(Cl)c3)c2cc1NC(=O)C=CCBr. The summed E-state index contributed by atoms with van der Waals surface area (Å²) in [6.07, 6.45) is 4.62. The average molecular weight is 663 g/mol. The molecule has 0 bridgehead atoms. The van der Waals surface area contributed by atoms with Gasteiger partial charge in [0.1, 0.15) is 11.8 Å². The summed E-state index contributed by atoms with van der Waals surface area (Å²) in [5.74, 6) is 0.139. The minimum Gasteiger partial charge on any atom is -0.494 e. The molecule has 0 saturated carbocycles. The van der Waals surface area contributed by atoms with Gasteiger partial charge in [0.15, 0.2) is 4.34 Å². The van der Waals surface area contributed by atoms with Gasteiger partial charge in [0.2, 0.25) is 5.91 Å². The standard InChI is InChI=1S/C30H21BrClN5O2S2/c1-39-26-14-23-21(13-24(26)36-28(38)8-5-11-31)29(19(15-33)16-34-23)35-20-9-10-27(22(32)12-20)41-30-37-25(17-40-30)18-6-3-2-4-7-18/h2-10,12-14,16-17H,11H2,1H3,(H,34,35)(H,36,38). The minimum absolute atomic E-state index is 0.308. The molecule has 5 aromatic rings. The zero-order chi connectivity index (χ0) is 28.8. The van der Waals surface area contributed by atoms with Crippen molar-refractivity contribution in [2.75, 3.05) is 23.1 Å². The topological polar surface area (TPSA) is 99.9 Å². The highest BCUT2D eigenvalue weighted by molar-refractivity contribution is 9.09. The highest BCUT2D eigenvalue weighted by atomic mass is 79.9. The Bertz CT molecular complexity index is 1800. The maximum absolute atomic E-state index is 12.4. The number of alkyl halides is 1. The number of carbonyl (C=O) groups is 1. The van der Waals surface area contributed by atoms with Crippen LogP contribution in [0.5, 0.6) is 5.75 Å². The van der Waals surface area contributed by atoms with E-state index in [1.54, 1.807) is 35.6 Å². The van der Waals surface area contributed by atoms with Gasteiger partial charge >= 0.3 is 0 Å². The number of pyridine rings is 1. The molecule has 0 fully saturated rings. The van der Waals surface area contributed by atoms with E-state index in [1.165, 1.54) is 31.1 Å². The van der Waals surface area contributed by atoms with E-state index in [2.05, 4.69) is 37.6 Å². The van der Waals surface area contributed by atoms with Crippen molar-refractivity contribution in [2.24, 2.45) is 0 Å². The van der Waals surface area contributed by atoms with Gasteiger partial charge in [-0.1, -0.05) is 75.7 Å². The number of aromatic nitrogens is 2. The highest BCUT2D eigenvalue weighted by Crippen LogP contribution is 2.40. The molecular formula is C30H21BrClN5O2S2. The van der Waals surface area contributed by atoms with E-state index in [-0.39, 0.29) is 5.91 Å². The number of hydrogen-bond donors (Lipinski definition) is 2. The van der Waals surface area contributed by atoms with Crippen molar-refractivity contribution in [2.45, 2.75) is 9.24 Å². The van der Waals surface area contributed by atoms with Crippen molar-refractivity contribution in [3.63, 3.8) is 0 Å². The lowest BCUT2D eigenvalue weighted by atomic mass is 10.1. The largest absolute Gasteiger partial charge is 0.494 e. The van der Waals surface area contributed by atoms with Crippen LogP contribution >= 0.6 is 50.6 Å². The van der Waals surface area contributed by atoms with E-state index in [4.69, 9.17) is 21.3 Å². The summed E-state index contributed by atoms with van der Waals surface area (Å²) in [7, 11) is 1.52. The van der Waals surface area contributed by atoms with E-state index in [9.17, 15) is 10.1 Å². The quantitative estimate of drug-likeness (QED) is 0.120. The fourth-order valence-corrected chi connectivity index (χ4v) is 6.24. The summed E-state index contributed by atoms with van der Waals surface area (Å²) in [5.41, 5.74) is 4.60. The maximum atomic E-state index is 12.4. The third kappa shape index (κ3) is 6.72. The number of halogens is 2. The molecule has 2 heterocycles. The summed E-state index contributed by atoms with van der Waals surface area (Å²) < 4.78 is 6.36. The first-order valence-electron chi connectivity index (χ1n) is 12.2. The number of anilines is 3. The van der Waals surface area contributed by atoms with Crippen molar-refractivity contribution < 1.29 is 9.53 Å². The summed E-state index contributed by atoms with van der Waals surface area (Å²) in [4.78, 5) is 22.4. The number of rotatable bonds is 9. The Morgan fingerprint density at radius 3 is 2.78 bits per heavy atom. The molecule has 0 aliphatic heterocycles. The van der Waals surface area contributed by atoms with E-state index >= 15 is 0 Å². The molecule has 0 saturated heterocycles. The predicted molar refractivity (Wildman–Crippen MR) is 171 cm³/mol. The number of nitrogens with one attached hydrogen (secondary N) is 2. The van der Waals surface area contributed by atoms with Crippen LogP contribution in [-0.2, 0) is 4.79 Å². The lowest BCUT2D eigenvalue weighted by Crippen LogP contribution is -2.09. The third-order valence-electron chi connectivity index (χ3n) is 5.88. The average Bonchev–Trinajstić information content (AvgIpc) is 3.46. The Morgan fingerprint density at radius 2 is 2.05 bits per heavy atom. The van der Waals surface area contributed by atoms with Crippen molar-refractivity contribution in [3.05, 3.63) is 95.0 Å². The fourth-order valence-electron chi connectivity index (χ4n) is 3.98. The number of thiazole rings is 1. The van der Waals surface area contributed by atoms with Crippen LogP contribution in [-0.4, -0.2) is 28.3 Å². The molecule has 41 heavy (non-hydrogen) atoms. The maximum Gasteiger partial charge on any atom is 0.248 e. The third-order valence-corrected chi connectivity index (χ3v) is 8.69. The van der Waals surface area contributed by atoms with Crippen molar-refractivity contribution in [1.29, 1.82) is 5.26 Å². The summed E-state index contributed by atoms with van der Waals surface area (Å²) >= 11 is 13.0. The first-order valence-corrected chi connectivity index (χ1v) is 15.4. The zero-order valence-electron chi connectivity index (χ0n) is 21.5. The molecule has 204 valence electrons. The number of amides is 1. The number of allylic oxidation sites excluding steroid dienone is 1. The first-order chi connectivity index (χ1) is 20.0. The molecule has 0 unspecified atom stereocenters. The molecule has 2 N–H and O–H groups in total. The van der Waals surface area contributed by atoms with Crippen LogP contribution < -0.4 is 15.4 Å². The number of nitriles is 1. The van der Waals surface area contributed by atoms with Crippen molar-refractivity contribution in [1.82, 2.24) is 9.97 Å². The van der Waals surface area contributed by atoms with Gasteiger partial charge in [0.25, 0.3) is 0 Å². The van der Waals surface area contributed by atoms with Crippen molar-refractivity contribution in [3.8, 4) is 23.1 Å². The smallest absolute Gasteiger partial charge is 0.248 e. The molecule has 2 aromatic heterocycles. The second kappa shape index (κ2) is 13.2. The summed E-state index contributed by atoms with van der Waals surface area (Å²) in [6, 6.07) is 21.3. The molecule has 1 amide bonds. The van der Waals surface area contributed by atoms with Crippen LogP contribution in [0, 0.1) is 11.3 Å². The van der Waals surface area contributed by atoms with Gasteiger partial charge in [-0.05, 0) is 24.3 Å². The molecule has 0 spiro atoms. The van der Waals surface area contributed by atoms with Crippen LogP contribution in [0.3, 0.4) is 0 Å². The second-order valence-corrected chi connectivity index (χ2v) is 11.7. The van der Waals surface area contributed by atoms with E-state index in [1.807, 2.05) is 47.8 Å². The number of ether oxygens (including phenoxy) is 1. The van der Waals surface area contributed by atoms with Crippen LogP contribution in [0.1, 0.15) is 5.56 Å². The van der Waals surface area contributed by atoms with Crippen LogP contribution in [0.15, 0.2) is 93.6 Å². The fraction of sp³-hybridized carbons (Fsp3) is 0.0667. The number of carbonyl (C=O) groups excluding carboxylic acids is 1. The normalized spacial score (nSPS) is 11.0. The minimum atomic E-state index is -0.308. The lowest BCUT2D eigenvalue weighted by Gasteiger charge is -2.15. The van der Waals surface area contributed by atoms with Crippen molar-refractivity contribution >= 4 is 84.5 Å². The number of hydrogen-bond acceptors (Lipinski definition) is 8. The molecule has 5 rings (SSSR count). The molecule has 0 radical (unpaired) electrons. The second-order valence-electron chi connectivity index (χ2n) is 8.51. The Labute approximate surface area is 258 Å². The van der Waals surface area contributed by atoms with Gasteiger partial charge in [0.05, 0.1) is 40.3 Å². The Hall–Kier alpha value is -3.88. The number of benzene rings is 3. The van der Waals surface area contributed by atoms with Crippen LogP contribution in [0.4, 0.5) is 17.1 Å². The number of methoxy groups -OCH3 is 1. The van der Waals surface area contributed by atoms with Crippen LogP contribution in [0.25, 0.3) is 22.2 Å². The van der Waals surface area contributed by atoms with Gasteiger partial charge in [-0.25, -0.2) is 4.98 Å². The molecule has 0 aliphatic carbocycles. The van der Waals surface area contributed by atoms with E-state index in [0.29, 0.717) is 49.6 Å². The molecule has 7 nitrogen and oxygen atoms in total. The highest BCUT2D eigenvalue weighted by Gasteiger charge is 2.16. The molecule has 11 heteroatoms. The molecule has 0 atom stereocenters. The molecule has 3 aromatic carbocycles. The van der Waals surface area contributed by atoms with Gasteiger partial charge in [-0.15, -0.1) is 11.3 Å². The first kappa shape index (κ1) is 28.6. The van der Waals surface area contributed by atoms with Gasteiger partial charge < -0.3 is 15.4 Å². The molecular weight excluding hydrogens is 642 g/mol. The molecule has 0 aliphatic rings. The van der Waals surface area contributed by atoms with Gasteiger partial charge in [0, 0.05) is 50.6 Å². The lowest BCUT2D eigenvalue weighted by molar-refractivity contribution is -0.111. The number of nitrogens with zero attached hydrogens (tertiary/aromatic N) is 3.